The summed E-state index contributed by atoms with van der Waals surface area (Å²) in [6.45, 7) is 0. The topological polar surface area (TPSA) is 50.2 Å². The largest absolute Gasteiger partial charge is 0.476 e. The maximum absolute atomic E-state index is 10.6. The van der Waals surface area contributed by atoms with Gasteiger partial charge in [-0.15, -0.1) is 11.3 Å². The fourth-order valence-electron chi connectivity index (χ4n) is 1.11. The molecule has 0 unspecified atom stereocenters. The maximum atomic E-state index is 10.6. The first kappa shape index (κ1) is 8.90. The van der Waals surface area contributed by atoms with Gasteiger partial charge in [-0.05, 0) is 5.56 Å². The van der Waals surface area contributed by atoms with Gasteiger partial charge < -0.3 is 5.11 Å². The molecule has 70 valence electrons. The van der Waals surface area contributed by atoms with E-state index in [4.69, 9.17) is 5.11 Å². The normalized spacial score (nSPS) is 10.0. The van der Waals surface area contributed by atoms with Crippen molar-refractivity contribution < 1.29 is 9.90 Å². The predicted molar refractivity (Wildman–Crippen MR) is 54.5 cm³/mol. The van der Waals surface area contributed by atoms with E-state index in [2.05, 4.69) is 4.98 Å². The lowest BCUT2D eigenvalue weighted by Crippen LogP contribution is -1.92. The Morgan fingerprint density at radius 1 is 1.29 bits per heavy atom. The van der Waals surface area contributed by atoms with Crippen molar-refractivity contribution in [3.8, 4) is 10.4 Å². The molecule has 14 heavy (non-hydrogen) atoms. The van der Waals surface area contributed by atoms with Gasteiger partial charge >= 0.3 is 5.97 Å². The third-order valence-corrected chi connectivity index (χ3v) is 2.78. The van der Waals surface area contributed by atoms with Crippen molar-refractivity contribution in [1.82, 2.24) is 4.98 Å². The molecule has 1 heterocycles. The summed E-state index contributed by atoms with van der Waals surface area (Å²) in [7, 11) is 0. The molecule has 0 radical (unpaired) electrons. The van der Waals surface area contributed by atoms with Crippen LogP contribution in [0.15, 0.2) is 36.5 Å². The fraction of sp³-hybridized carbons (Fsp3) is 0. The summed E-state index contributed by atoms with van der Waals surface area (Å²) in [4.78, 5) is 15.3. The van der Waals surface area contributed by atoms with Crippen LogP contribution in [-0.2, 0) is 0 Å². The van der Waals surface area contributed by atoms with Crippen LogP contribution in [0.1, 0.15) is 9.80 Å². The number of nitrogens with zero attached hydrogens (tertiary/aromatic N) is 1. The van der Waals surface area contributed by atoms with Gasteiger partial charge in [0, 0.05) is 6.20 Å². The number of hydrogen-bond donors (Lipinski definition) is 1. The lowest BCUT2D eigenvalue weighted by Gasteiger charge is -1.92. The molecule has 0 spiro atoms. The number of carboxylic acid groups (broad SMARTS) is 1. The van der Waals surface area contributed by atoms with Crippen LogP contribution >= 0.6 is 11.3 Å². The van der Waals surface area contributed by atoms with Gasteiger partial charge in [0.2, 0.25) is 5.01 Å². The van der Waals surface area contributed by atoms with Crippen molar-refractivity contribution in [3.63, 3.8) is 0 Å². The zero-order chi connectivity index (χ0) is 9.97. The highest BCUT2D eigenvalue weighted by atomic mass is 32.1. The summed E-state index contributed by atoms with van der Waals surface area (Å²) < 4.78 is 0. The van der Waals surface area contributed by atoms with E-state index < -0.39 is 5.97 Å². The van der Waals surface area contributed by atoms with Gasteiger partial charge in [-0.3, -0.25) is 0 Å². The number of aromatic nitrogens is 1. The van der Waals surface area contributed by atoms with Gasteiger partial charge in [-0.25, -0.2) is 9.78 Å². The SMILES string of the molecule is O=C(O)c1ncc(-c2ccccc2)s1. The summed E-state index contributed by atoms with van der Waals surface area (Å²) in [5.74, 6) is -0.975. The van der Waals surface area contributed by atoms with Crippen molar-refractivity contribution in [2.45, 2.75) is 0 Å². The lowest BCUT2D eigenvalue weighted by molar-refractivity contribution is 0.0696. The number of thiazole rings is 1. The van der Waals surface area contributed by atoms with Crippen molar-refractivity contribution in [2.24, 2.45) is 0 Å². The Labute approximate surface area is 84.7 Å². The molecule has 2 aromatic rings. The molecule has 0 aliphatic heterocycles. The Kier molecular flexibility index (Phi) is 2.28. The molecule has 0 saturated carbocycles. The number of rotatable bonds is 2. The van der Waals surface area contributed by atoms with Crippen LogP contribution in [0.25, 0.3) is 10.4 Å². The van der Waals surface area contributed by atoms with Crippen molar-refractivity contribution in [1.29, 1.82) is 0 Å². The van der Waals surface area contributed by atoms with Gasteiger partial charge in [-0.2, -0.15) is 0 Å². The highest BCUT2D eigenvalue weighted by Crippen LogP contribution is 2.25. The molecule has 1 N–H and O–H groups in total. The maximum Gasteiger partial charge on any atom is 0.365 e. The van der Waals surface area contributed by atoms with E-state index in [0.717, 1.165) is 10.4 Å². The molecular formula is C10H7NO2S. The lowest BCUT2D eigenvalue weighted by atomic mass is 10.2. The smallest absolute Gasteiger partial charge is 0.365 e. The molecule has 0 fully saturated rings. The number of benzene rings is 1. The molecule has 2 rings (SSSR count). The van der Waals surface area contributed by atoms with Gasteiger partial charge in [0.25, 0.3) is 0 Å². The van der Waals surface area contributed by atoms with E-state index in [1.165, 1.54) is 11.3 Å². The Morgan fingerprint density at radius 2 is 2.00 bits per heavy atom. The monoisotopic (exact) mass is 205 g/mol. The first-order chi connectivity index (χ1) is 6.77. The Morgan fingerprint density at radius 3 is 2.57 bits per heavy atom. The molecule has 0 aliphatic rings. The minimum Gasteiger partial charge on any atom is -0.476 e. The van der Waals surface area contributed by atoms with Crippen LogP contribution < -0.4 is 0 Å². The number of aromatic carboxylic acids is 1. The van der Waals surface area contributed by atoms with E-state index in [1.54, 1.807) is 6.20 Å². The summed E-state index contributed by atoms with van der Waals surface area (Å²) in [6.07, 6.45) is 1.59. The van der Waals surface area contributed by atoms with E-state index in [1.807, 2.05) is 30.3 Å². The van der Waals surface area contributed by atoms with Gasteiger partial charge in [-0.1, -0.05) is 30.3 Å². The van der Waals surface area contributed by atoms with Crippen LogP contribution in [0.3, 0.4) is 0 Å². The highest BCUT2D eigenvalue weighted by molar-refractivity contribution is 7.16. The van der Waals surface area contributed by atoms with Crippen molar-refractivity contribution in [2.75, 3.05) is 0 Å². The van der Waals surface area contributed by atoms with Crippen LogP contribution in [0.2, 0.25) is 0 Å². The van der Waals surface area contributed by atoms with Crippen LogP contribution in [0, 0.1) is 0 Å². The Balaban J connectivity index is 2.39. The molecule has 1 aromatic heterocycles. The first-order valence-electron chi connectivity index (χ1n) is 4.02. The first-order valence-corrected chi connectivity index (χ1v) is 4.83. The van der Waals surface area contributed by atoms with Crippen LogP contribution in [-0.4, -0.2) is 16.1 Å². The molecule has 3 nitrogen and oxygen atoms in total. The second-order valence-electron chi connectivity index (χ2n) is 2.70. The molecule has 0 atom stereocenters. The molecule has 1 aromatic carbocycles. The van der Waals surface area contributed by atoms with Gasteiger partial charge in [0.05, 0.1) is 4.88 Å². The van der Waals surface area contributed by atoms with Crippen molar-refractivity contribution >= 4 is 17.3 Å². The van der Waals surface area contributed by atoms with Crippen LogP contribution in [0.4, 0.5) is 0 Å². The average Bonchev–Trinajstić information content (AvgIpc) is 2.68. The molecule has 4 heteroatoms. The quantitative estimate of drug-likeness (QED) is 0.819. The zero-order valence-corrected chi connectivity index (χ0v) is 7.99. The molecule has 0 aliphatic carbocycles. The third kappa shape index (κ3) is 1.65. The van der Waals surface area contributed by atoms with Gasteiger partial charge in [0.15, 0.2) is 0 Å². The summed E-state index contributed by atoms with van der Waals surface area (Å²) >= 11 is 1.18. The third-order valence-electron chi connectivity index (χ3n) is 1.75. The number of carboxylic acids is 1. The summed E-state index contributed by atoms with van der Waals surface area (Å²) in [5.41, 5.74) is 0.998. The van der Waals surface area contributed by atoms with Crippen molar-refractivity contribution in [3.05, 3.63) is 41.5 Å². The van der Waals surface area contributed by atoms with Crippen LogP contribution in [0.5, 0.6) is 0 Å². The standard InChI is InChI=1S/C10H7NO2S/c12-10(13)9-11-6-8(14-9)7-4-2-1-3-5-7/h1-6H,(H,12,13). The minimum atomic E-state index is -0.975. The molecule has 0 amide bonds. The summed E-state index contributed by atoms with van der Waals surface area (Å²) in [5, 5.41) is 8.82. The van der Waals surface area contributed by atoms with E-state index >= 15 is 0 Å². The second kappa shape index (κ2) is 3.59. The van der Waals surface area contributed by atoms with E-state index in [-0.39, 0.29) is 5.01 Å². The number of hydrogen-bond acceptors (Lipinski definition) is 3. The predicted octanol–water partition coefficient (Wildman–Crippen LogP) is 2.51. The van der Waals surface area contributed by atoms with Gasteiger partial charge in [0.1, 0.15) is 0 Å². The minimum absolute atomic E-state index is 0.129. The summed E-state index contributed by atoms with van der Waals surface area (Å²) in [6, 6.07) is 9.60. The Hall–Kier alpha value is -1.68. The highest BCUT2D eigenvalue weighted by Gasteiger charge is 2.09. The average molecular weight is 205 g/mol. The van der Waals surface area contributed by atoms with E-state index in [0.29, 0.717) is 0 Å². The van der Waals surface area contributed by atoms with E-state index in [9.17, 15) is 4.79 Å². The second-order valence-corrected chi connectivity index (χ2v) is 3.73. The molecule has 0 saturated heterocycles. The molecular weight excluding hydrogens is 198 g/mol. The number of carbonyl (C=O) groups is 1. The Bertz CT molecular complexity index is 450. The fourth-order valence-corrected chi connectivity index (χ4v) is 1.87. The zero-order valence-electron chi connectivity index (χ0n) is 7.18. The molecule has 0 bridgehead atoms.